The number of ether oxygens (including phenoxy) is 1. The van der Waals surface area contributed by atoms with Gasteiger partial charge in [0.05, 0.1) is 17.2 Å². The second kappa shape index (κ2) is 8.13. The zero-order valence-corrected chi connectivity index (χ0v) is 16.2. The Morgan fingerprint density at radius 2 is 1.80 bits per heavy atom. The van der Waals surface area contributed by atoms with Gasteiger partial charge in [-0.05, 0) is 48.9 Å². The molecule has 0 bridgehead atoms. The van der Waals surface area contributed by atoms with E-state index in [-0.39, 0.29) is 0 Å². The molecule has 0 amide bonds. The molecule has 4 nitrogen and oxygen atoms in total. The van der Waals surface area contributed by atoms with Crippen molar-refractivity contribution in [2.45, 2.75) is 24.4 Å². The van der Waals surface area contributed by atoms with Crippen LogP contribution in [0, 0.1) is 0 Å². The van der Waals surface area contributed by atoms with Gasteiger partial charge in [0.25, 0.3) is 0 Å². The number of methoxy groups -OCH3 is 1. The molecule has 0 aliphatic heterocycles. The van der Waals surface area contributed by atoms with Crippen LogP contribution in [0.15, 0.2) is 47.6 Å². The summed E-state index contributed by atoms with van der Waals surface area (Å²) in [5.41, 5.74) is 2.10. The summed E-state index contributed by atoms with van der Waals surface area (Å²) in [6.45, 7) is 2.87. The van der Waals surface area contributed by atoms with Crippen molar-refractivity contribution in [1.82, 2.24) is 14.8 Å². The van der Waals surface area contributed by atoms with Gasteiger partial charge in [0, 0.05) is 17.9 Å². The Hall–Kier alpha value is -1.69. The van der Waals surface area contributed by atoms with E-state index in [1.165, 1.54) is 0 Å². The van der Waals surface area contributed by atoms with Crippen molar-refractivity contribution in [3.05, 3.63) is 58.1 Å². The first kappa shape index (κ1) is 18.1. The van der Waals surface area contributed by atoms with Crippen LogP contribution in [0.25, 0.3) is 11.4 Å². The molecule has 0 saturated heterocycles. The molecule has 25 heavy (non-hydrogen) atoms. The number of nitrogens with zero attached hydrogens (tertiary/aromatic N) is 3. The molecule has 0 spiro atoms. The van der Waals surface area contributed by atoms with Gasteiger partial charge in [-0.1, -0.05) is 41.0 Å². The molecule has 7 heteroatoms. The van der Waals surface area contributed by atoms with Crippen LogP contribution in [0.3, 0.4) is 0 Å². The predicted octanol–water partition coefficient (Wildman–Crippen LogP) is 5.57. The number of rotatable bonds is 6. The summed E-state index contributed by atoms with van der Waals surface area (Å²) in [7, 11) is 1.65. The molecule has 0 unspecified atom stereocenters. The van der Waals surface area contributed by atoms with Crippen molar-refractivity contribution in [3.63, 3.8) is 0 Å². The fourth-order valence-corrected chi connectivity index (χ4v) is 3.68. The van der Waals surface area contributed by atoms with Gasteiger partial charge in [-0.15, -0.1) is 10.2 Å². The van der Waals surface area contributed by atoms with Crippen molar-refractivity contribution in [2.75, 3.05) is 7.11 Å². The van der Waals surface area contributed by atoms with E-state index in [1.54, 1.807) is 18.9 Å². The standard InChI is InChI=1S/C18H17Cl2N3OS/c1-3-23-17(13-5-7-14(24-2)8-6-13)21-22-18(23)25-11-12-4-9-15(19)16(20)10-12/h4-10H,3,11H2,1-2H3. The molecular weight excluding hydrogens is 377 g/mol. The average Bonchev–Trinajstić information content (AvgIpc) is 3.05. The molecule has 130 valence electrons. The third-order valence-corrected chi connectivity index (χ3v) is 5.51. The van der Waals surface area contributed by atoms with Gasteiger partial charge in [-0.25, -0.2) is 0 Å². The first-order chi connectivity index (χ1) is 12.1. The normalized spacial score (nSPS) is 10.9. The lowest BCUT2D eigenvalue weighted by Gasteiger charge is -2.08. The summed E-state index contributed by atoms with van der Waals surface area (Å²) in [6, 6.07) is 13.5. The van der Waals surface area contributed by atoms with Gasteiger partial charge in [0.15, 0.2) is 11.0 Å². The molecule has 3 aromatic rings. The lowest BCUT2D eigenvalue weighted by molar-refractivity contribution is 0.415. The fraction of sp³-hybridized carbons (Fsp3) is 0.222. The zero-order chi connectivity index (χ0) is 17.8. The van der Waals surface area contributed by atoms with Crippen LogP contribution in [0.4, 0.5) is 0 Å². The van der Waals surface area contributed by atoms with Crippen LogP contribution < -0.4 is 4.74 Å². The van der Waals surface area contributed by atoms with Crippen LogP contribution in [-0.2, 0) is 12.3 Å². The summed E-state index contributed by atoms with van der Waals surface area (Å²) in [4.78, 5) is 0. The van der Waals surface area contributed by atoms with E-state index < -0.39 is 0 Å². The Morgan fingerprint density at radius 1 is 1.04 bits per heavy atom. The van der Waals surface area contributed by atoms with Crippen molar-refractivity contribution >= 4 is 35.0 Å². The Morgan fingerprint density at radius 3 is 2.44 bits per heavy atom. The van der Waals surface area contributed by atoms with Crippen molar-refractivity contribution < 1.29 is 4.74 Å². The van der Waals surface area contributed by atoms with Gasteiger partial charge in [-0.3, -0.25) is 0 Å². The number of halogens is 2. The van der Waals surface area contributed by atoms with Crippen LogP contribution in [-0.4, -0.2) is 21.9 Å². The summed E-state index contributed by atoms with van der Waals surface area (Å²) in [5.74, 6) is 2.42. The second-order valence-corrected chi connectivity index (χ2v) is 7.07. The first-order valence-corrected chi connectivity index (χ1v) is 9.51. The maximum absolute atomic E-state index is 6.08. The summed E-state index contributed by atoms with van der Waals surface area (Å²) in [5, 5.41) is 10.7. The van der Waals surface area contributed by atoms with Gasteiger partial charge in [-0.2, -0.15) is 0 Å². The van der Waals surface area contributed by atoms with E-state index in [1.807, 2.05) is 42.5 Å². The Balaban J connectivity index is 1.80. The third kappa shape index (κ3) is 4.11. The number of thioether (sulfide) groups is 1. The molecule has 2 aromatic carbocycles. The summed E-state index contributed by atoms with van der Waals surface area (Å²) in [6.07, 6.45) is 0. The molecule has 3 rings (SSSR count). The molecule has 1 aromatic heterocycles. The minimum Gasteiger partial charge on any atom is -0.497 e. The number of hydrogen-bond donors (Lipinski definition) is 0. The van der Waals surface area contributed by atoms with Gasteiger partial charge < -0.3 is 9.30 Å². The Labute approximate surface area is 161 Å². The van der Waals surface area contributed by atoms with E-state index in [9.17, 15) is 0 Å². The zero-order valence-electron chi connectivity index (χ0n) is 13.9. The highest BCUT2D eigenvalue weighted by Crippen LogP contribution is 2.29. The molecule has 0 saturated carbocycles. The maximum Gasteiger partial charge on any atom is 0.191 e. The largest absolute Gasteiger partial charge is 0.497 e. The van der Waals surface area contributed by atoms with E-state index in [0.717, 1.165) is 40.2 Å². The van der Waals surface area contributed by atoms with Gasteiger partial charge in [0.1, 0.15) is 5.75 Å². The smallest absolute Gasteiger partial charge is 0.191 e. The first-order valence-electron chi connectivity index (χ1n) is 7.76. The summed E-state index contributed by atoms with van der Waals surface area (Å²) < 4.78 is 7.31. The van der Waals surface area contributed by atoms with E-state index in [0.29, 0.717) is 10.0 Å². The van der Waals surface area contributed by atoms with Crippen molar-refractivity contribution in [1.29, 1.82) is 0 Å². The highest BCUT2D eigenvalue weighted by Gasteiger charge is 2.13. The van der Waals surface area contributed by atoms with Crippen LogP contribution in [0.5, 0.6) is 5.75 Å². The molecule has 0 N–H and O–H groups in total. The van der Waals surface area contributed by atoms with Crippen LogP contribution in [0.2, 0.25) is 10.0 Å². The molecule has 0 aliphatic carbocycles. The number of aromatic nitrogens is 3. The van der Waals surface area contributed by atoms with E-state index in [2.05, 4.69) is 21.7 Å². The highest BCUT2D eigenvalue weighted by atomic mass is 35.5. The van der Waals surface area contributed by atoms with Crippen molar-refractivity contribution in [3.8, 4) is 17.1 Å². The molecule has 1 heterocycles. The molecular formula is C18H17Cl2N3OS. The number of benzene rings is 2. The quantitative estimate of drug-likeness (QED) is 0.513. The minimum atomic E-state index is 0.564. The van der Waals surface area contributed by atoms with Crippen molar-refractivity contribution in [2.24, 2.45) is 0 Å². The maximum atomic E-state index is 6.08. The van der Waals surface area contributed by atoms with Gasteiger partial charge >= 0.3 is 0 Å². The van der Waals surface area contributed by atoms with Gasteiger partial charge in [0.2, 0.25) is 0 Å². The Bertz CT molecular complexity index is 865. The van der Waals surface area contributed by atoms with E-state index >= 15 is 0 Å². The fourth-order valence-electron chi connectivity index (χ4n) is 2.41. The predicted molar refractivity (Wildman–Crippen MR) is 104 cm³/mol. The molecule has 0 radical (unpaired) electrons. The average molecular weight is 394 g/mol. The highest BCUT2D eigenvalue weighted by molar-refractivity contribution is 7.98. The SMILES string of the molecule is CCn1c(SCc2ccc(Cl)c(Cl)c2)nnc1-c1ccc(OC)cc1. The molecule has 0 fully saturated rings. The van der Waals surface area contributed by atoms with Crippen LogP contribution in [0.1, 0.15) is 12.5 Å². The molecule has 0 atom stereocenters. The monoisotopic (exact) mass is 393 g/mol. The molecule has 0 aliphatic rings. The van der Waals surface area contributed by atoms with Crippen LogP contribution >= 0.6 is 35.0 Å². The number of hydrogen-bond acceptors (Lipinski definition) is 4. The topological polar surface area (TPSA) is 39.9 Å². The third-order valence-electron chi connectivity index (χ3n) is 3.73. The second-order valence-electron chi connectivity index (χ2n) is 5.32. The summed E-state index contributed by atoms with van der Waals surface area (Å²) >= 11 is 13.7. The lowest BCUT2D eigenvalue weighted by atomic mass is 10.2. The Kier molecular flexibility index (Phi) is 5.89. The minimum absolute atomic E-state index is 0.564. The lowest BCUT2D eigenvalue weighted by Crippen LogP contribution is -2.00. The van der Waals surface area contributed by atoms with E-state index in [4.69, 9.17) is 27.9 Å².